The molecule has 0 aliphatic heterocycles. The summed E-state index contributed by atoms with van der Waals surface area (Å²) in [7, 11) is 0. The van der Waals surface area contributed by atoms with Crippen molar-refractivity contribution in [2.24, 2.45) is 0 Å². The lowest BCUT2D eigenvalue weighted by molar-refractivity contribution is 0.668. The molecule has 6 heteroatoms. The van der Waals surface area contributed by atoms with Gasteiger partial charge in [-0.05, 0) is 59.3 Å². The average molecular weight is 619 g/mol. The lowest BCUT2D eigenvalue weighted by atomic mass is 10.0. The van der Waals surface area contributed by atoms with Crippen LogP contribution in [-0.4, -0.2) is 29.5 Å². The van der Waals surface area contributed by atoms with Gasteiger partial charge in [-0.2, -0.15) is 5.10 Å². The van der Waals surface area contributed by atoms with E-state index in [1.165, 1.54) is 23.6 Å². The molecule has 0 radical (unpaired) electrons. The molecule has 0 amide bonds. The molecule has 0 bridgehead atoms. The minimum Gasteiger partial charge on any atom is -0.256 e. The zero-order valence-corrected chi connectivity index (χ0v) is 26.2. The minimum atomic E-state index is 0.425. The molecule has 0 spiro atoms. The Morgan fingerprint density at radius 2 is 1.35 bits per heavy atom. The Hall–Kier alpha value is -6.01. The first-order valence-electron chi connectivity index (χ1n) is 16.7. The third kappa shape index (κ3) is 4.29. The first kappa shape index (κ1) is 27.1. The maximum atomic E-state index is 5.22. The van der Waals surface area contributed by atoms with E-state index >= 15 is 0 Å². The van der Waals surface area contributed by atoms with Crippen molar-refractivity contribution in [3.05, 3.63) is 133 Å². The fraction of sp³-hybridized carbons (Fsp3) is 0.119. The van der Waals surface area contributed by atoms with Crippen LogP contribution in [0.4, 0.5) is 0 Å². The average Bonchev–Trinajstić information content (AvgIpc) is 3.86. The van der Waals surface area contributed by atoms with Gasteiger partial charge in [-0.1, -0.05) is 104 Å². The van der Waals surface area contributed by atoms with Crippen molar-refractivity contribution in [2.45, 2.75) is 31.6 Å². The van der Waals surface area contributed by atoms with Crippen molar-refractivity contribution in [3.8, 4) is 33.9 Å². The summed E-state index contributed by atoms with van der Waals surface area (Å²) in [6, 6.07) is 42.2. The Morgan fingerprint density at radius 3 is 2.23 bits per heavy atom. The standard InChI is InChI=1S/C42H30N6/c1-2-12-27(11-1)41-46-42-35-24-28(20-22-31(35)33-15-6-8-19-38(33)48(42)47-41)40-44-37-18-7-5-16-34(37)39(45-40)29-21-23-36(43-25-29)32-17-9-13-26-10-3-4-14-30(26)32/h3-10,13-25,27H,1-2,11-12H2. The highest BCUT2D eigenvalue weighted by Gasteiger charge is 2.23. The van der Waals surface area contributed by atoms with Crippen LogP contribution < -0.4 is 0 Å². The molecule has 10 rings (SSSR count). The second kappa shape index (κ2) is 10.8. The maximum Gasteiger partial charge on any atom is 0.164 e. The molecular formula is C42H30N6. The van der Waals surface area contributed by atoms with E-state index in [9.17, 15) is 0 Å². The molecular weight excluding hydrogens is 589 g/mol. The van der Waals surface area contributed by atoms with Crippen LogP contribution in [0.25, 0.3) is 82.9 Å². The summed E-state index contributed by atoms with van der Waals surface area (Å²) in [5, 5.41) is 11.8. The fourth-order valence-electron chi connectivity index (χ4n) is 7.58. The van der Waals surface area contributed by atoms with Crippen LogP contribution >= 0.6 is 0 Å². The van der Waals surface area contributed by atoms with Crippen molar-refractivity contribution in [3.63, 3.8) is 0 Å². The molecule has 1 aliphatic carbocycles. The summed E-state index contributed by atoms with van der Waals surface area (Å²) in [4.78, 5) is 20.4. The minimum absolute atomic E-state index is 0.425. The van der Waals surface area contributed by atoms with Gasteiger partial charge in [0.25, 0.3) is 0 Å². The topological polar surface area (TPSA) is 68.9 Å². The third-order valence-corrected chi connectivity index (χ3v) is 9.99. The van der Waals surface area contributed by atoms with Crippen molar-refractivity contribution < 1.29 is 0 Å². The Morgan fingerprint density at radius 1 is 0.583 bits per heavy atom. The van der Waals surface area contributed by atoms with Crippen LogP contribution in [0.2, 0.25) is 0 Å². The van der Waals surface area contributed by atoms with Crippen LogP contribution in [-0.2, 0) is 0 Å². The lowest BCUT2D eigenvalue weighted by Crippen LogP contribution is -1.97. The van der Waals surface area contributed by atoms with Crippen LogP contribution in [0.3, 0.4) is 0 Å². The summed E-state index contributed by atoms with van der Waals surface area (Å²) < 4.78 is 2.05. The Balaban J connectivity index is 1.13. The first-order chi connectivity index (χ1) is 23.8. The van der Waals surface area contributed by atoms with E-state index < -0.39 is 0 Å². The molecule has 1 fully saturated rings. The second-order valence-electron chi connectivity index (χ2n) is 12.8. The molecule has 6 nitrogen and oxygen atoms in total. The molecule has 48 heavy (non-hydrogen) atoms. The number of fused-ring (bicyclic) bond motifs is 8. The van der Waals surface area contributed by atoms with Crippen LogP contribution in [0.15, 0.2) is 128 Å². The number of benzene rings is 5. The number of rotatable bonds is 4. The van der Waals surface area contributed by atoms with E-state index in [0.717, 1.165) is 85.0 Å². The predicted octanol–water partition coefficient (Wildman–Crippen LogP) is 10.2. The number of aromatic nitrogens is 6. The van der Waals surface area contributed by atoms with E-state index in [0.29, 0.717) is 11.7 Å². The molecule has 228 valence electrons. The van der Waals surface area contributed by atoms with Crippen molar-refractivity contribution in [2.75, 3.05) is 0 Å². The van der Waals surface area contributed by atoms with Gasteiger partial charge in [-0.25, -0.2) is 19.5 Å². The van der Waals surface area contributed by atoms with E-state index in [1.807, 2.05) is 22.8 Å². The molecule has 0 atom stereocenters. The van der Waals surface area contributed by atoms with Crippen LogP contribution in [0.1, 0.15) is 37.4 Å². The van der Waals surface area contributed by atoms with Gasteiger partial charge in [-0.3, -0.25) is 4.98 Å². The summed E-state index contributed by atoms with van der Waals surface area (Å²) in [5.74, 6) is 2.05. The van der Waals surface area contributed by atoms with E-state index in [2.05, 4.69) is 109 Å². The van der Waals surface area contributed by atoms with Crippen molar-refractivity contribution in [1.29, 1.82) is 0 Å². The zero-order chi connectivity index (χ0) is 31.6. The molecule has 9 aromatic rings. The van der Waals surface area contributed by atoms with Gasteiger partial charge in [0.2, 0.25) is 0 Å². The predicted molar refractivity (Wildman–Crippen MR) is 194 cm³/mol. The summed E-state index contributed by atoms with van der Waals surface area (Å²) in [6.07, 6.45) is 6.74. The van der Waals surface area contributed by atoms with Gasteiger partial charge in [0.05, 0.1) is 22.4 Å². The molecule has 0 N–H and O–H groups in total. The lowest BCUT2D eigenvalue weighted by Gasteiger charge is -2.12. The SMILES string of the molecule is c1ccc2c(-c3ccc(-c4nc(-c5ccc6c7ccccc7n7nc(C8CCCC8)nc7c6c5)nc5ccccc45)cn3)cccc2c1. The van der Waals surface area contributed by atoms with E-state index in [1.54, 1.807) is 0 Å². The number of nitrogens with zero attached hydrogens (tertiary/aromatic N) is 6. The summed E-state index contributed by atoms with van der Waals surface area (Å²) in [6.45, 7) is 0. The fourth-order valence-corrected chi connectivity index (χ4v) is 7.58. The smallest absolute Gasteiger partial charge is 0.164 e. The van der Waals surface area contributed by atoms with Gasteiger partial charge >= 0.3 is 0 Å². The van der Waals surface area contributed by atoms with Gasteiger partial charge in [-0.15, -0.1) is 0 Å². The van der Waals surface area contributed by atoms with Gasteiger partial charge in [0.1, 0.15) is 0 Å². The monoisotopic (exact) mass is 618 g/mol. The summed E-state index contributed by atoms with van der Waals surface area (Å²) >= 11 is 0. The summed E-state index contributed by atoms with van der Waals surface area (Å²) in [5.41, 5.74) is 7.67. The largest absolute Gasteiger partial charge is 0.256 e. The Labute approximate surface area is 276 Å². The normalized spacial score (nSPS) is 13.8. The molecule has 1 saturated carbocycles. The maximum absolute atomic E-state index is 5.22. The van der Waals surface area contributed by atoms with E-state index in [4.69, 9.17) is 25.0 Å². The number of hydrogen-bond acceptors (Lipinski definition) is 5. The highest BCUT2D eigenvalue weighted by atomic mass is 15.3. The third-order valence-electron chi connectivity index (χ3n) is 9.99. The number of para-hydroxylation sites is 2. The molecule has 0 saturated heterocycles. The number of hydrogen-bond donors (Lipinski definition) is 0. The molecule has 1 aliphatic rings. The van der Waals surface area contributed by atoms with E-state index in [-0.39, 0.29) is 0 Å². The van der Waals surface area contributed by atoms with Crippen molar-refractivity contribution >= 4 is 49.0 Å². The first-order valence-corrected chi connectivity index (χ1v) is 16.7. The van der Waals surface area contributed by atoms with Gasteiger partial charge in [0, 0.05) is 45.0 Å². The molecule has 4 heterocycles. The molecule has 5 aromatic carbocycles. The quantitative estimate of drug-likeness (QED) is 0.184. The van der Waals surface area contributed by atoms with Crippen LogP contribution in [0.5, 0.6) is 0 Å². The Bertz CT molecular complexity index is 2680. The van der Waals surface area contributed by atoms with Gasteiger partial charge in [0.15, 0.2) is 17.3 Å². The van der Waals surface area contributed by atoms with Gasteiger partial charge < -0.3 is 0 Å². The highest BCUT2D eigenvalue weighted by molar-refractivity contribution is 6.12. The highest BCUT2D eigenvalue weighted by Crippen LogP contribution is 2.37. The van der Waals surface area contributed by atoms with Crippen LogP contribution in [0, 0.1) is 0 Å². The molecule has 0 unspecified atom stereocenters. The van der Waals surface area contributed by atoms with Crippen molar-refractivity contribution in [1.82, 2.24) is 29.5 Å². The Kier molecular flexibility index (Phi) is 6.09. The number of pyridine rings is 2. The zero-order valence-electron chi connectivity index (χ0n) is 26.2. The second-order valence-corrected chi connectivity index (χ2v) is 12.8. The molecule has 4 aromatic heterocycles.